The average molecular weight is 329 g/mol. The Kier molecular flexibility index (Phi) is 3.94. The van der Waals surface area contributed by atoms with E-state index >= 15 is 0 Å². The van der Waals surface area contributed by atoms with Crippen molar-refractivity contribution in [2.75, 3.05) is 7.11 Å². The number of rotatable bonds is 4. The van der Waals surface area contributed by atoms with E-state index < -0.39 is 0 Å². The second-order valence-corrected chi connectivity index (χ2v) is 6.10. The van der Waals surface area contributed by atoms with Crippen molar-refractivity contribution in [2.45, 2.75) is 13.0 Å². The van der Waals surface area contributed by atoms with Crippen LogP contribution in [-0.4, -0.2) is 22.1 Å². The third-order valence-corrected chi connectivity index (χ3v) is 4.36. The van der Waals surface area contributed by atoms with Crippen molar-refractivity contribution < 1.29 is 4.74 Å². The Morgan fingerprint density at radius 3 is 1.80 bits per heavy atom. The molecule has 4 rings (SSSR count). The van der Waals surface area contributed by atoms with Crippen molar-refractivity contribution in [2.24, 2.45) is 0 Å². The third kappa shape index (κ3) is 2.98. The zero-order valence-electron chi connectivity index (χ0n) is 14.3. The fourth-order valence-electron chi connectivity index (χ4n) is 2.99. The zero-order valence-corrected chi connectivity index (χ0v) is 14.3. The molecule has 1 unspecified atom stereocenters. The van der Waals surface area contributed by atoms with Crippen molar-refractivity contribution in [3.05, 3.63) is 89.5 Å². The van der Waals surface area contributed by atoms with E-state index in [1.165, 1.54) is 5.56 Å². The van der Waals surface area contributed by atoms with Crippen LogP contribution in [0.15, 0.2) is 72.8 Å². The Bertz CT molecular complexity index is 955. The molecule has 0 saturated heterocycles. The van der Waals surface area contributed by atoms with Crippen LogP contribution >= 0.6 is 0 Å². The normalized spacial score (nSPS) is 12.2. The van der Waals surface area contributed by atoms with Crippen LogP contribution < -0.4 is 4.74 Å². The van der Waals surface area contributed by atoms with E-state index in [1.54, 1.807) is 11.9 Å². The molecule has 1 aromatic heterocycles. The number of methoxy groups -OCH3 is 1. The molecule has 0 aliphatic heterocycles. The Morgan fingerprint density at radius 2 is 1.28 bits per heavy atom. The fraction of sp³-hybridized carbons (Fsp3) is 0.143. The molecule has 0 saturated carbocycles. The summed E-state index contributed by atoms with van der Waals surface area (Å²) in [6.07, 6.45) is 0. The van der Waals surface area contributed by atoms with Crippen LogP contribution in [0.2, 0.25) is 0 Å². The summed E-state index contributed by atoms with van der Waals surface area (Å²) in [5.41, 5.74) is 5.29. The first-order chi connectivity index (χ1) is 12.2. The number of nitrogens with zero attached hydrogens (tertiary/aromatic N) is 3. The highest BCUT2D eigenvalue weighted by atomic mass is 16.5. The second kappa shape index (κ2) is 6.40. The van der Waals surface area contributed by atoms with Gasteiger partial charge in [0.05, 0.1) is 7.11 Å². The van der Waals surface area contributed by atoms with Gasteiger partial charge < -0.3 is 4.74 Å². The molecule has 0 radical (unpaired) electrons. The number of hydrogen-bond donors (Lipinski definition) is 0. The molecule has 0 amide bonds. The van der Waals surface area contributed by atoms with E-state index in [9.17, 15) is 0 Å². The monoisotopic (exact) mass is 329 g/mol. The summed E-state index contributed by atoms with van der Waals surface area (Å²) in [7, 11) is 1.67. The Hall–Kier alpha value is -3.14. The first kappa shape index (κ1) is 15.4. The minimum absolute atomic E-state index is 0.0843. The molecule has 0 spiro atoms. The van der Waals surface area contributed by atoms with Gasteiger partial charge in [0, 0.05) is 0 Å². The van der Waals surface area contributed by atoms with Gasteiger partial charge in [0.15, 0.2) is 0 Å². The minimum atomic E-state index is -0.0843. The summed E-state index contributed by atoms with van der Waals surface area (Å²) in [4.78, 5) is 1.80. The standard InChI is InChI=1S/C21H19N3O/c1-15-7-9-16(10-8-15)21(17-11-13-18(25-2)14-12-17)24-22-19-5-3-4-6-20(19)23-24/h3-14,21H,1-2H3. The van der Waals surface area contributed by atoms with Gasteiger partial charge in [0.1, 0.15) is 22.8 Å². The highest BCUT2D eigenvalue weighted by molar-refractivity contribution is 5.73. The number of fused-ring (bicyclic) bond motifs is 1. The highest BCUT2D eigenvalue weighted by Crippen LogP contribution is 2.28. The molecule has 0 bridgehead atoms. The van der Waals surface area contributed by atoms with Gasteiger partial charge in [-0.05, 0) is 42.3 Å². The molecule has 4 heteroatoms. The van der Waals surface area contributed by atoms with E-state index in [4.69, 9.17) is 14.9 Å². The summed E-state index contributed by atoms with van der Waals surface area (Å²) in [6, 6.07) is 24.4. The van der Waals surface area contributed by atoms with Gasteiger partial charge in [-0.15, -0.1) is 0 Å². The lowest BCUT2D eigenvalue weighted by atomic mass is 9.98. The zero-order chi connectivity index (χ0) is 17.2. The van der Waals surface area contributed by atoms with Crippen LogP contribution in [-0.2, 0) is 0 Å². The average Bonchev–Trinajstić information content (AvgIpc) is 3.07. The quantitative estimate of drug-likeness (QED) is 0.557. The van der Waals surface area contributed by atoms with Gasteiger partial charge >= 0.3 is 0 Å². The lowest BCUT2D eigenvalue weighted by Gasteiger charge is -2.18. The summed E-state index contributed by atoms with van der Waals surface area (Å²) in [5, 5.41) is 9.41. The Balaban J connectivity index is 1.86. The van der Waals surface area contributed by atoms with E-state index in [0.29, 0.717) is 0 Å². The summed E-state index contributed by atoms with van der Waals surface area (Å²) >= 11 is 0. The lowest BCUT2D eigenvalue weighted by molar-refractivity contribution is 0.414. The fourth-order valence-corrected chi connectivity index (χ4v) is 2.99. The third-order valence-electron chi connectivity index (χ3n) is 4.36. The molecule has 0 aliphatic rings. The smallest absolute Gasteiger partial charge is 0.122 e. The molecule has 1 atom stereocenters. The van der Waals surface area contributed by atoms with Crippen molar-refractivity contribution in [1.29, 1.82) is 0 Å². The summed E-state index contributed by atoms with van der Waals surface area (Å²) in [6.45, 7) is 2.09. The first-order valence-corrected chi connectivity index (χ1v) is 8.27. The number of ether oxygens (including phenoxy) is 1. The van der Waals surface area contributed by atoms with Crippen molar-refractivity contribution in [1.82, 2.24) is 15.0 Å². The maximum absolute atomic E-state index is 5.29. The number of hydrogen-bond acceptors (Lipinski definition) is 3. The summed E-state index contributed by atoms with van der Waals surface area (Å²) in [5.74, 6) is 0.838. The molecule has 4 aromatic rings. The van der Waals surface area contributed by atoms with Gasteiger partial charge in [0.25, 0.3) is 0 Å². The topological polar surface area (TPSA) is 39.9 Å². The van der Waals surface area contributed by atoms with Crippen LogP contribution in [0.3, 0.4) is 0 Å². The van der Waals surface area contributed by atoms with Crippen molar-refractivity contribution in [3.63, 3.8) is 0 Å². The molecule has 4 nitrogen and oxygen atoms in total. The Labute approximate surface area is 146 Å². The SMILES string of the molecule is COc1ccc(C(c2ccc(C)cc2)n2nc3ccccc3n2)cc1. The van der Waals surface area contributed by atoms with Crippen molar-refractivity contribution >= 4 is 11.0 Å². The van der Waals surface area contributed by atoms with Gasteiger partial charge in [-0.25, -0.2) is 0 Å². The molecule has 3 aromatic carbocycles. The molecule has 0 N–H and O–H groups in total. The van der Waals surface area contributed by atoms with Crippen LogP contribution in [0.25, 0.3) is 11.0 Å². The van der Waals surface area contributed by atoms with Gasteiger partial charge in [-0.3, -0.25) is 0 Å². The molecule has 0 fully saturated rings. The van der Waals surface area contributed by atoms with Crippen molar-refractivity contribution in [3.8, 4) is 5.75 Å². The van der Waals surface area contributed by atoms with Crippen LogP contribution in [0.5, 0.6) is 5.75 Å². The minimum Gasteiger partial charge on any atom is -0.497 e. The van der Waals surface area contributed by atoms with Gasteiger partial charge in [-0.1, -0.05) is 54.1 Å². The van der Waals surface area contributed by atoms with Gasteiger partial charge in [-0.2, -0.15) is 15.0 Å². The molecule has 25 heavy (non-hydrogen) atoms. The summed E-state index contributed by atoms with van der Waals surface area (Å²) < 4.78 is 5.29. The largest absolute Gasteiger partial charge is 0.497 e. The molecule has 124 valence electrons. The predicted molar refractivity (Wildman–Crippen MR) is 98.9 cm³/mol. The molecular weight excluding hydrogens is 310 g/mol. The number of aromatic nitrogens is 3. The second-order valence-electron chi connectivity index (χ2n) is 6.10. The van der Waals surface area contributed by atoms with E-state index in [0.717, 1.165) is 27.9 Å². The number of aryl methyl sites for hydroxylation is 1. The van der Waals surface area contributed by atoms with Crippen LogP contribution in [0.4, 0.5) is 0 Å². The molecule has 0 aliphatic carbocycles. The number of benzene rings is 3. The first-order valence-electron chi connectivity index (χ1n) is 8.27. The molecular formula is C21H19N3O. The maximum Gasteiger partial charge on any atom is 0.122 e. The maximum atomic E-state index is 5.29. The Morgan fingerprint density at radius 1 is 0.760 bits per heavy atom. The van der Waals surface area contributed by atoms with Crippen LogP contribution in [0.1, 0.15) is 22.7 Å². The molecule has 1 heterocycles. The van der Waals surface area contributed by atoms with Gasteiger partial charge in [0.2, 0.25) is 0 Å². The van der Waals surface area contributed by atoms with Crippen LogP contribution in [0, 0.1) is 6.92 Å². The lowest BCUT2D eigenvalue weighted by Crippen LogP contribution is -2.15. The van der Waals surface area contributed by atoms with E-state index in [-0.39, 0.29) is 6.04 Å². The predicted octanol–water partition coefficient (Wildman–Crippen LogP) is 4.39. The highest BCUT2D eigenvalue weighted by Gasteiger charge is 2.19. The van der Waals surface area contributed by atoms with E-state index in [1.807, 2.05) is 36.4 Å². The van der Waals surface area contributed by atoms with E-state index in [2.05, 4.69) is 43.3 Å².